The second-order valence-electron chi connectivity index (χ2n) is 5.93. The topological polar surface area (TPSA) is 0 Å². The molecule has 1 fully saturated rings. The van der Waals surface area contributed by atoms with E-state index in [2.05, 4.69) is 27.7 Å². The number of hydrogen-bond acceptors (Lipinski definition) is 0. The number of hydrogen-bond donors (Lipinski definition) is 0. The van der Waals surface area contributed by atoms with Crippen LogP contribution in [0.15, 0.2) is 0 Å². The summed E-state index contributed by atoms with van der Waals surface area (Å²) in [6.07, 6.45) is 1.76. The van der Waals surface area contributed by atoms with Gasteiger partial charge in [-0.3, -0.25) is 0 Å². The molecule has 0 heterocycles. The Morgan fingerprint density at radius 3 is 2.14 bits per heavy atom. The molecule has 0 aromatic heterocycles. The highest BCUT2D eigenvalue weighted by atomic mass is 19.3. The van der Waals surface area contributed by atoms with E-state index in [1.807, 2.05) is 0 Å². The van der Waals surface area contributed by atoms with Gasteiger partial charge in [-0.25, -0.2) is 8.78 Å². The van der Waals surface area contributed by atoms with Crippen molar-refractivity contribution in [2.45, 2.75) is 59.3 Å². The Morgan fingerprint density at radius 1 is 1.07 bits per heavy atom. The first-order chi connectivity index (χ1) is 6.22. The summed E-state index contributed by atoms with van der Waals surface area (Å²) >= 11 is 0. The first-order valence-corrected chi connectivity index (χ1v) is 5.60. The zero-order valence-electron chi connectivity index (χ0n) is 9.74. The molecule has 0 saturated heterocycles. The molecule has 1 unspecified atom stereocenters. The third-order valence-electron chi connectivity index (χ3n) is 3.49. The number of alkyl halides is 2. The van der Waals surface area contributed by atoms with Gasteiger partial charge < -0.3 is 0 Å². The Bertz CT molecular complexity index is 176. The van der Waals surface area contributed by atoms with Crippen LogP contribution in [0.4, 0.5) is 8.78 Å². The third kappa shape index (κ3) is 3.21. The average Bonchev–Trinajstić information content (AvgIpc) is 2.08. The van der Waals surface area contributed by atoms with Crippen LogP contribution in [0.5, 0.6) is 0 Å². The highest BCUT2D eigenvalue weighted by Crippen LogP contribution is 2.45. The van der Waals surface area contributed by atoms with Crippen LogP contribution in [-0.2, 0) is 0 Å². The summed E-state index contributed by atoms with van der Waals surface area (Å²) in [6, 6.07) is 0. The van der Waals surface area contributed by atoms with Crippen molar-refractivity contribution in [2.75, 3.05) is 0 Å². The Kier molecular flexibility index (Phi) is 3.23. The van der Waals surface area contributed by atoms with E-state index in [0.29, 0.717) is 12.3 Å². The van der Waals surface area contributed by atoms with E-state index >= 15 is 0 Å². The Balaban J connectivity index is 2.76. The molecule has 0 spiro atoms. The SMILES string of the molecule is CC(C)C1CC(C)(C)CCC(F)(F)C1. The zero-order valence-corrected chi connectivity index (χ0v) is 9.74. The monoisotopic (exact) mass is 204 g/mol. The molecule has 0 nitrogen and oxygen atoms in total. The standard InChI is InChI=1S/C12H22F2/c1-9(2)10-7-11(3,4)5-6-12(13,14)8-10/h9-10H,5-8H2,1-4H3. The fourth-order valence-electron chi connectivity index (χ4n) is 2.36. The van der Waals surface area contributed by atoms with E-state index in [9.17, 15) is 8.78 Å². The fourth-order valence-corrected chi connectivity index (χ4v) is 2.36. The molecule has 14 heavy (non-hydrogen) atoms. The van der Waals surface area contributed by atoms with Gasteiger partial charge in [0.15, 0.2) is 0 Å². The molecule has 1 atom stereocenters. The molecule has 0 aliphatic heterocycles. The van der Waals surface area contributed by atoms with Crippen molar-refractivity contribution in [1.29, 1.82) is 0 Å². The maximum absolute atomic E-state index is 13.4. The van der Waals surface area contributed by atoms with Crippen LogP contribution in [0.25, 0.3) is 0 Å². The molecule has 1 aliphatic rings. The van der Waals surface area contributed by atoms with Crippen molar-refractivity contribution in [3.05, 3.63) is 0 Å². The molecule has 2 heteroatoms. The van der Waals surface area contributed by atoms with Gasteiger partial charge in [0, 0.05) is 12.8 Å². The lowest BCUT2D eigenvalue weighted by molar-refractivity contribution is -0.0304. The second kappa shape index (κ2) is 3.79. The zero-order chi connectivity index (χ0) is 11.0. The van der Waals surface area contributed by atoms with Crippen molar-refractivity contribution in [2.24, 2.45) is 17.3 Å². The Labute approximate surface area is 86.1 Å². The first kappa shape index (κ1) is 11.9. The minimum atomic E-state index is -2.43. The van der Waals surface area contributed by atoms with Crippen LogP contribution < -0.4 is 0 Å². The lowest BCUT2D eigenvalue weighted by Gasteiger charge is -2.28. The molecule has 0 radical (unpaired) electrons. The smallest absolute Gasteiger partial charge is 0.207 e. The second-order valence-corrected chi connectivity index (χ2v) is 5.93. The molecule has 0 aromatic carbocycles. The molecule has 1 aliphatic carbocycles. The van der Waals surface area contributed by atoms with Crippen LogP contribution >= 0.6 is 0 Å². The van der Waals surface area contributed by atoms with Crippen LogP contribution in [-0.4, -0.2) is 5.92 Å². The van der Waals surface area contributed by atoms with Crippen LogP contribution in [0.2, 0.25) is 0 Å². The summed E-state index contributed by atoms with van der Waals surface area (Å²) in [5.74, 6) is -1.87. The molecule has 0 N–H and O–H groups in total. The third-order valence-corrected chi connectivity index (χ3v) is 3.49. The van der Waals surface area contributed by atoms with E-state index in [1.54, 1.807) is 0 Å². The Hall–Kier alpha value is -0.140. The van der Waals surface area contributed by atoms with Gasteiger partial charge >= 0.3 is 0 Å². The van der Waals surface area contributed by atoms with E-state index < -0.39 is 5.92 Å². The molecular formula is C12H22F2. The van der Waals surface area contributed by atoms with Gasteiger partial charge in [0.05, 0.1) is 0 Å². The molecule has 1 saturated carbocycles. The molecule has 0 amide bonds. The first-order valence-electron chi connectivity index (χ1n) is 5.60. The normalized spacial score (nSPS) is 31.5. The summed E-state index contributed by atoms with van der Waals surface area (Å²) in [7, 11) is 0. The fraction of sp³-hybridized carbons (Fsp3) is 1.00. The maximum Gasteiger partial charge on any atom is 0.248 e. The number of rotatable bonds is 1. The molecular weight excluding hydrogens is 182 g/mol. The number of halogens is 2. The summed E-state index contributed by atoms with van der Waals surface area (Å²) < 4.78 is 26.8. The van der Waals surface area contributed by atoms with E-state index in [-0.39, 0.29) is 24.2 Å². The van der Waals surface area contributed by atoms with Gasteiger partial charge in [0.25, 0.3) is 0 Å². The van der Waals surface area contributed by atoms with E-state index in [1.165, 1.54) is 0 Å². The molecule has 0 bridgehead atoms. The maximum atomic E-state index is 13.4. The molecule has 0 aromatic rings. The molecule has 1 rings (SSSR count). The lowest BCUT2D eigenvalue weighted by atomic mass is 9.77. The van der Waals surface area contributed by atoms with Crippen LogP contribution in [0.3, 0.4) is 0 Å². The van der Waals surface area contributed by atoms with Gasteiger partial charge in [0.2, 0.25) is 5.92 Å². The van der Waals surface area contributed by atoms with Crippen LogP contribution in [0, 0.1) is 17.3 Å². The van der Waals surface area contributed by atoms with Gasteiger partial charge in [0.1, 0.15) is 0 Å². The largest absolute Gasteiger partial charge is 0.248 e. The van der Waals surface area contributed by atoms with Gasteiger partial charge in [-0.05, 0) is 30.1 Å². The quantitative estimate of drug-likeness (QED) is 0.552. The van der Waals surface area contributed by atoms with Crippen molar-refractivity contribution < 1.29 is 8.78 Å². The van der Waals surface area contributed by atoms with Crippen molar-refractivity contribution >= 4 is 0 Å². The molecule has 84 valence electrons. The summed E-state index contributed by atoms with van der Waals surface area (Å²) in [5, 5.41) is 0. The van der Waals surface area contributed by atoms with E-state index in [0.717, 1.165) is 6.42 Å². The minimum absolute atomic E-state index is 0.0726. The predicted molar refractivity (Wildman–Crippen MR) is 55.5 cm³/mol. The van der Waals surface area contributed by atoms with Crippen LogP contribution in [0.1, 0.15) is 53.4 Å². The van der Waals surface area contributed by atoms with E-state index in [4.69, 9.17) is 0 Å². The van der Waals surface area contributed by atoms with Crippen molar-refractivity contribution in [3.8, 4) is 0 Å². The summed E-state index contributed by atoms with van der Waals surface area (Å²) in [6.45, 7) is 8.35. The predicted octanol–water partition coefficient (Wildman–Crippen LogP) is 4.49. The summed E-state index contributed by atoms with van der Waals surface area (Å²) in [4.78, 5) is 0. The summed E-state index contributed by atoms with van der Waals surface area (Å²) in [5.41, 5.74) is 0.0921. The van der Waals surface area contributed by atoms with Gasteiger partial charge in [-0.1, -0.05) is 27.7 Å². The lowest BCUT2D eigenvalue weighted by Crippen LogP contribution is -2.21. The highest BCUT2D eigenvalue weighted by Gasteiger charge is 2.40. The van der Waals surface area contributed by atoms with Gasteiger partial charge in [-0.2, -0.15) is 0 Å². The van der Waals surface area contributed by atoms with Crippen molar-refractivity contribution in [3.63, 3.8) is 0 Å². The van der Waals surface area contributed by atoms with Crippen molar-refractivity contribution in [1.82, 2.24) is 0 Å². The Morgan fingerprint density at radius 2 is 1.64 bits per heavy atom. The minimum Gasteiger partial charge on any atom is -0.207 e. The van der Waals surface area contributed by atoms with Gasteiger partial charge in [-0.15, -0.1) is 0 Å². The highest BCUT2D eigenvalue weighted by molar-refractivity contribution is 4.85. The average molecular weight is 204 g/mol.